The van der Waals surface area contributed by atoms with E-state index in [0.717, 1.165) is 37.8 Å². The molecule has 20 heavy (non-hydrogen) atoms. The number of nitrogens with one attached hydrogen (secondary N) is 1. The Bertz CT molecular complexity index is 460. The minimum Gasteiger partial charge on any atom is -0.326 e. The highest BCUT2D eigenvalue weighted by atomic mass is 35.5. The van der Waals surface area contributed by atoms with Crippen molar-refractivity contribution in [2.24, 2.45) is 0 Å². The van der Waals surface area contributed by atoms with Gasteiger partial charge in [-0.1, -0.05) is 37.8 Å². The van der Waals surface area contributed by atoms with Crippen LogP contribution in [-0.4, -0.2) is 5.91 Å². The highest BCUT2D eigenvalue weighted by Crippen LogP contribution is 2.36. The van der Waals surface area contributed by atoms with E-state index in [0.29, 0.717) is 6.42 Å². The molecule has 1 N–H and O–H groups in total. The molecule has 1 rings (SSSR count). The molecule has 0 bridgehead atoms. The second-order valence-electron chi connectivity index (χ2n) is 4.55. The zero-order valence-electron chi connectivity index (χ0n) is 11.2. The van der Waals surface area contributed by atoms with Crippen molar-refractivity contribution in [2.45, 2.75) is 45.2 Å². The van der Waals surface area contributed by atoms with E-state index in [1.807, 2.05) is 0 Å². The summed E-state index contributed by atoms with van der Waals surface area (Å²) < 4.78 is 38.0. The van der Waals surface area contributed by atoms with Gasteiger partial charge in [0.25, 0.3) is 0 Å². The molecule has 6 heteroatoms. The molecule has 1 aromatic carbocycles. The van der Waals surface area contributed by atoms with Crippen LogP contribution in [0.3, 0.4) is 0 Å². The maximum Gasteiger partial charge on any atom is 0.417 e. The van der Waals surface area contributed by atoms with Gasteiger partial charge in [-0.15, -0.1) is 0 Å². The van der Waals surface area contributed by atoms with E-state index in [1.54, 1.807) is 0 Å². The van der Waals surface area contributed by atoms with E-state index in [4.69, 9.17) is 11.6 Å². The minimum atomic E-state index is -4.53. The topological polar surface area (TPSA) is 29.1 Å². The Hall–Kier alpha value is -1.23. The van der Waals surface area contributed by atoms with E-state index in [2.05, 4.69) is 12.2 Å². The third-order valence-electron chi connectivity index (χ3n) is 2.81. The quantitative estimate of drug-likeness (QED) is 0.713. The van der Waals surface area contributed by atoms with Gasteiger partial charge < -0.3 is 5.32 Å². The minimum absolute atomic E-state index is 0.113. The van der Waals surface area contributed by atoms with E-state index in [9.17, 15) is 18.0 Å². The fourth-order valence-electron chi connectivity index (χ4n) is 1.76. The molecule has 0 fully saturated rings. The van der Waals surface area contributed by atoms with Gasteiger partial charge in [-0.05, 0) is 24.6 Å². The molecule has 0 aliphatic heterocycles. The summed E-state index contributed by atoms with van der Waals surface area (Å²) in [6.07, 6.45) is -0.430. The van der Waals surface area contributed by atoms with Crippen LogP contribution in [0.25, 0.3) is 0 Å². The number of unbranched alkanes of at least 4 members (excludes halogenated alkanes) is 3. The molecule has 1 amide bonds. The van der Waals surface area contributed by atoms with Crippen LogP contribution in [0.1, 0.15) is 44.6 Å². The van der Waals surface area contributed by atoms with Gasteiger partial charge in [0.2, 0.25) is 5.91 Å². The van der Waals surface area contributed by atoms with Crippen molar-refractivity contribution < 1.29 is 18.0 Å². The number of hydrogen-bond acceptors (Lipinski definition) is 1. The Morgan fingerprint density at radius 1 is 1.25 bits per heavy atom. The number of carbonyl (C=O) groups excluding carboxylic acids is 1. The Morgan fingerprint density at radius 3 is 2.55 bits per heavy atom. The van der Waals surface area contributed by atoms with E-state index in [-0.39, 0.29) is 16.6 Å². The van der Waals surface area contributed by atoms with Crippen LogP contribution in [0.5, 0.6) is 0 Å². The van der Waals surface area contributed by atoms with Gasteiger partial charge in [0, 0.05) is 12.1 Å². The number of rotatable bonds is 6. The molecule has 0 aromatic heterocycles. The zero-order valence-corrected chi connectivity index (χ0v) is 11.9. The monoisotopic (exact) mass is 307 g/mol. The summed E-state index contributed by atoms with van der Waals surface area (Å²) in [4.78, 5) is 11.6. The van der Waals surface area contributed by atoms with Crippen molar-refractivity contribution in [3.63, 3.8) is 0 Å². The standard InChI is InChI=1S/C14H17ClF3NO/c1-2-3-4-5-6-13(20)19-10-7-8-12(15)11(9-10)14(16,17)18/h7-9H,2-6H2,1H3,(H,19,20). The summed E-state index contributed by atoms with van der Waals surface area (Å²) in [5, 5.41) is 2.08. The first-order valence-corrected chi connectivity index (χ1v) is 6.89. The Balaban J connectivity index is 2.62. The molecule has 0 spiro atoms. The average Bonchev–Trinajstić information content (AvgIpc) is 2.36. The third kappa shape index (κ3) is 5.41. The fraction of sp³-hybridized carbons (Fsp3) is 0.500. The van der Waals surface area contributed by atoms with E-state index in [1.165, 1.54) is 6.07 Å². The maximum absolute atomic E-state index is 12.7. The molecule has 0 saturated carbocycles. The number of benzene rings is 1. The molecule has 0 aliphatic rings. The number of halogens is 4. The molecule has 0 heterocycles. The number of hydrogen-bond donors (Lipinski definition) is 1. The van der Waals surface area contributed by atoms with Crippen LogP contribution < -0.4 is 5.32 Å². The van der Waals surface area contributed by atoms with Crippen molar-refractivity contribution in [3.05, 3.63) is 28.8 Å². The summed E-state index contributed by atoms with van der Waals surface area (Å²) in [6, 6.07) is 3.35. The zero-order chi connectivity index (χ0) is 15.2. The molecule has 0 aliphatic carbocycles. The summed E-state index contributed by atoms with van der Waals surface area (Å²) >= 11 is 5.50. The van der Waals surface area contributed by atoms with Crippen molar-refractivity contribution >= 4 is 23.2 Å². The van der Waals surface area contributed by atoms with Crippen molar-refractivity contribution in [3.8, 4) is 0 Å². The average molecular weight is 308 g/mol. The predicted molar refractivity (Wildman–Crippen MR) is 73.8 cm³/mol. The largest absolute Gasteiger partial charge is 0.417 e. The lowest BCUT2D eigenvalue weighted by Crippen LogP contribution is -2.13. The number of amides is 1. The summed E-state index contributed by atoms with van der Waals surface area (Å²) in [6.45, 7) is 2.06. The van der Waals surface area contributed by atoms with E-state index >= 15 is 0 Å². The van der Waals surface area contributed by atoms with Gasteiger partial charge in [-0.2, -0.15) is 13.2 Å². The molecule has 0 unspecified atom stereocenters. The molecular weight excluding hydrogens is 291 g/mol. The number of carbonyl (C=O) groups is 1. The normalized spacial score (nSPS) is 11.4. The lowest BCUT2D eigenvalue weighted by Gasteiger charge is -2.11. The number of anilines is 1. The fourth-order valence-corrected chi connectivity index (χ4v) is 1.98. The molecule has 1 aromatic rings. The highest BCUT2D eigenvalue weighted by Gasteiger charge is 2.33. The Labute approximate surface area is 121 Å². The first-order chi connectivity index (χ1) is 9.34. The van der Waals surface area contributed by atoms with Crippen molar-refractivity contribution in [1.82, 2.24) is 0 Å². The lowest BCUT2D eigenvalue weighted by molar-refractivity contribution is -0.137. The number of alkyl halides is 3. The first kappa shape index (κ1) is 16.8. The second kappa shape index (κ2) is 7.53. The molecule has 112 valence electrons. The van der Waals surface area contributed by atoms with Crippen LogP contribution >= 0.6 is 11.6 Å². The van der Waals surface area contributed by atoms with Gasteiger partial charge in [-0.25, -0.2) is 0 Å². The van der Waals surface area contributed by atoms with Gasteiger partial charge in [0.15, 0.2) is 0 Å². The summed E-state index contributed by atoms with van der Waals surface area (Å²) in [5.41, 5.74) is -0.829. The predicted octanol–water partition coefficient (Wildman–Crippen LogP) is 5.27. The SMILES string of the molecule is CCCCCCC(=O)Nc1ccc(Cl)c(C(F)(F)F)c1. The van der Waals surface area contributed by atoms with E-state index < -0.39 is 11.7 Å². The van der Waals surface area contributed by atoms with Gasteiger partial charge in [0.05, 0.1) is 10.6 Å². The van der Waals surface area contributed by atoms with Crippen LogP contribution in [0.15, 0.2) is 18.2 Å². The third-order valence-corrected chi connectivity index (χ3v) is 3.14. The molecule has 0 atom stereocenters. The molecular formula is C14H17ClF3NO. The van der Waals surface area contributed by atoms with Crippen LogP contribution in [-0.2, 0) is 11.0 Å². The van der Waals surface area contributed by atoms with Gasteiger partial charge in [-0.3, -0.25) is 4.79 Å². The Kier molecular flexibility index (Phi) is 6.33. The van der Waals surface area contributed by atoms with Crippen LogP contribution in [0.2, 0.25) is 5.02 Å². The van der Waals surface area contributed by atoms with Crippen molar-refractivity contribution in [2.75, 3.05) is 5.32 Å². The first-order valence-electron chi connectivity index (χ1n) is 6.51. The van der Waals surface area contributed by atoms with Crippen LogP contribution in [0.4, 0.5) is 18.9 Å². The van der Waals surface area contributed by atoms with Crippen LogP contribution in [0, 0.1) is 0 Å². The summed E-state index contributed by atoms with van der Waals surface area (Å²) in [5.74, 6) is -0.281. The molecule has 0 radical (unpaired) electrons. The smallest absolute Gasteiger partial charge is 0.326 e. The highest BCUT2D eigenvalue weighted by molar-refractivity contribution is 6.31. The summed E-state index contributed by atoms with van der Waals surface area (Å²) in [7, 11) is 0. The van der Waals surface area contributed by atoms with Crippen molar-refractivity contribution in [1.29, 1.82) is 0 Å². The lowest BCUT2D eigenvalue weighted by atomic mass is 10.1. The molecule has 2 nitrogen and oxygen atoms in total. The van der Waals surface area contributed by atoms with Gasteiger partial charge >= 0.3 is 6.18 Å². The maximum atomic E-state index is 12.7. The van der Waals surface area contributed by atoms with Gasteiger partial charge in [0.1, 0.15) is 0 Å². The molecule has 0 saturated heterocycles. The second-order valence-corrected chi connectivity index (χ2v) is 4.96. The Morgan fingerprint density at radius 2 is 1.95 bits per heavy atom.